The second kappa shape index (κ2) is 6.98. The highest BCUT2D eigenvalue weighted by molar-refractivity contribution is 9.18. The summed E-state index contributed by atoms with van der Waals surface area (Å²) in [7, 11) is 0. The molecule has 1 fully saturated rings. The number of hydrogen-bond donors (Lipinski definition) is 1. The summed E-state index contributed by atoms with van der Waals surface area (Å²) >= 11 is 5.67. The van der Waals surface area contributed by atoms with Gasteiger partial charge in [-0.2, -0.15) is 0 Å². The normalized spacial score (nSPS) is 21.9. The van der Waals surface area contributed by atoms with Crippen molar-refractivity contribution in [3.63, 3.8) is 0 Å². The van der Waals surface area contributed by atoms with Crippen LogP contribution in [0.1, 0.15) is 0 Å². The molecule has 1 atom stereocenters. The zero-order chi connectivity index (χ0) is 12.0. The quantitative estimate of drug-likeness (QED) is 0.610. The Morgan fingerprint density at radius 2 is 1.94 bits per heavy atom. The molecule has 0 aromatic heterocycles. The van der Waals surface area contributed by atoms with Crippen LogP contribution in [0.25, 0.3) is 0 Å². The number of nitrogens with one attached hydrogen (secondary N) is 1. The summed E-state index contributed by atoms with van der Waals surface area (Å²) in [6.45, 7) is 2.44. The van der Waals surface area contributed by atoms with Crippen molar-refractivity contribution in [3.8, 4) is 0 Å². The van der Waals surface area contributed by atoms with Gasteiger partial charge in [0.1, 0.15) is 0 Å². The summed E-state index contributed by atoms with van der Waals surface area (Å²) in [4.78, 5) is 23.6. The highest BCUT2D eigenvalue weighted by Crippen LogP contribution is 2.07. The molecule has 4 nitrogen and oxygen atoms in total. The number of rotatable bonds is 4. The van der Waals surface area contributed by atoms with Crippen molar-refractivity contribution >= 4 is 41.2 Å². The van der Waals surface area contributed by atoms with Crippen molar-refractivity contribution in [1.82, 2.24) is 10.2 Å². The fraction of sp³-hybridized carbons (Fsp3) is 0.400. The van der Waals surface area contributed by atoms with Gasteiger partial charge in [0.25, 0.3) is 0 Å². The van der Waals surface area contributed by atoms with Gasteiger partial charge in [0.15, 0.2) is 0 Å². The van der Waals surface area contributed by atoms with Crippen LogP contribution in [-0.2, 0) is 9.59 Å². The van der Waals surface area contributed by atoms with Gasteiger partial charge in [0.05, 0.1) is 6.04 Å². The van der Waals surface area contributed by atoms with Crippen molar-refractivity contribution in [2.24, 2.45) is 0 Å². The monoisotopic (exact) mass is 350 g/mol. The van der Waals surface area contributed by atoms with Crippen molar-refractivity contribution in [2.45, 2.75) is 6.04 Å². The minimum Gasteiger partial charge on any atom is -0.368 e. The van der Waals surface area contributed by atoms with Crippen LogP contribution in [0.3, 0.4) is 0 Å². The van der Waals surface area contributed by atoms with Crippen molar-refractivity contribution in [3.05, 3.63) is 24.4 Å². The lowest BCUT2D eigenvalue weighted by Gasteiger charge is -2.33. The molecular formula is C10H12Br2N2O2. The Balaban J connectivity index is 2.63. The third-order valence-electron chi connectivity index (χ3n) is 2.17. The van der Waals surface area contributed by atoms with E-state index in [-0.39, 0.29) is 15.4 Å². The Morgan fingerprint density at radius 1 is 1.25 bits per heavy atom. The Bertz CT molecular complexity index is 297. The first-order valence-corrected chi connectivity index (χ1v) is 6.40. The number of piperazine rings is 1. The zero-order valence-corrected chi connectivity index (χ0v) is 11.7. The van der Waals surface area contributed by atoms with Crippen LogP contribution in [0, 0.1) is 0 Å². The molecule has 1 heterocycles. The summed E-state index contributed by atoms with van der Waals surface area (Å²) < 4.78 is -0.316. The highest BCUT2D eigenvalue weighted by atomic mass is 79.9. The molecular weight excluding hydrogens is 340 g/mol. The summed E-state index contributed by atoms with van der Waals surface area (Å²) in [5.74, 6) is 0. The predicted molar refractivity (Wildman–Crippen MR) is 69.5 cm³/mol. The van der Waals surface area contributed by atoms with Gasteiger partial charge < -0.3 is 10.2 Å². The molecule has 0 aromatic rings. The molecule has 0 saturated carbocycles. The van der Waals surface area contributed by atoms with E-state index in [1.165, 1.54) is 12.2 Å². The maximum atomic E-state index is 10.8. The number of allylic oxidation sites excluding steroid dienone is 2. The third-order valence-corrected chi connectivity index (χ3v) is 2.70. The van der Waals surface area contributed by atoms with Crippen LogP contribution < -0.4 is 5.32 Å². The summed E-state index contributed by atoms with van der Waals surface area (Å²) in [6.07, 6.45) is 6.49. The standard InChI is InChI=1S/C10H12Br2N2O2/c11-9(15)2-1-8-7-13-4-6-14(8)5-3-10(12)16/h1-3,5,8,13H,4,6-7H2. The number of halogens is 2. The maximum absolute atomic E-state index is 10.8. The number of carbonyl (C=O) groups is 2. The van der Waals surface area contributed by atoms with E-state index in [1.54, 1.807) is 6.20 Å². The molecule has 0 radical (unpaired) electrons. The number of hydrogen-bond acceptors (Lipinski definition) is 4. The average Bonchev–Trinajstić information content (AvgIpc) is 2.24. The van der Waals surface area contributed by atoms with Crippen molar-refractivity contribution < 1.29 is 9.59 Å². The molecule has 1 rings (SSSR count). The van der Waals surface area contributed by atoms with E-state index in [2.05, 4.69) is 37.2 Å². The van der Waals surface area contributed by atoms with Crippen LogP contribution >= 0.6 is 31.9 Å². The van der Waals surface area contributed by atoms with Gasteiger partial charge in [-0.3, -0.25) is 9.59 Å². The first kappa shape index (κ1) is 13.6. The second-order valence-corrected chi connectivity index (χ2v) is 4.86. The van der Waals surface area contributed by atoms with E-state index in [0.29, 0.717) is 0 Å². The summed E-state index contributed by atoms with van der Waals surface area (Å²) in [5, 5.41) is 3.23. The molecule has 0 spiro atoms. The maximum Gasteiger partial charge on any atom is 0.222 e. The third kappa shape index (κ3) is 5.05. The summed E-state index contributed by atoms with van der Waals surface area (Å²) in [5.41, 5.74) is 0. The van der Waals surface area contributed by atoms with Gasteiger partial charge in [-0.1, -0.05) is 6.08 Å². The first-order valence-electron chi connectivity index (χ1n) is 4.81. The highest BCUT2D eigenvalue weighted by Gasteiger charge is 2.16. The van der Waals surface area contributed by atoms with E-state index in [0.717, 1.165) is 19.6 Å². The van der Waals surface area contributed by atoms with Gasteiger partial charge >= 0.3 is 0 Å². The molecule has 88 valence electrons. The Kier molecular flexibility index (Phi) is 5.94. The molecule has 0 amide bonds. The zero-order valence-electron chi connectivity index (χ0n) is 8.53. The molecule has 0 bridgehead atoms. The molecule has 6 heteroatoms. The number of nitrogens with zero attached hydrogens (tertiary/aromatic N) is 1. The first-order chi connectivity index (χ1) is 7.59. The van der Waals surface area contributed by atoms with Crippen LogP contribution in [0.4, 0.5) is 0 Å². The van der Waals surface area contributed by atoms with Crippen molar-refractivity contribution in [1.29, 1.82) is 0 Å². The molecule has 0 aliphatic carbocycles. The molecule has 0 aromatic carbocycles. The van der Waals surface area contributed by atoms with Gasteiger partial charge in [-0.15, -0.1) is 0 Å². The average molecular weight is 352 g/mol. The molecule has 1 saturated heterocycles. The lowest BCUT2D eigenvalue weighted by molar-refractivity contribution is -0.107. The lowest BCUT2D eigenvalue weighted by Crippen LogP contribution is -2.47. The Morgan fingerprint density at radius 3 is 2.56 bits per heavy atom. The van der Waals surface area contributed by atoms with Crippen LogP contribution in [-0.4, -0.2) is 40.0 Å². The van der Waals surface area contributed by atoms with E-state index < -0.39 is 0 Å². The molecule has 1 aliphatic rings. The molecule has 1 aliphatic heterocycles. The van der Waals surface area contributed by atoms with Gasteiger partial charge in [0.2, 0.25) is 9.39 Å². The fourth-order valence-corrected chi connectivity index (χ4v) is 1.72. The lowest BCUT2D eigenvalue weighted by atomic mass is 10.2. The molecule has 1 N–H and O–H groups in total. The van der Waals surface area contributed by atoms with Gasteiger partial charge in [-0.25, -0.2) is 0 Å². The molecule has 16 heavy (non-hydrogen) atoms. The Labute approximate surface area is 111 Å². The van der Waals surface area contributed by atoms with Gasteiger partial charge in [0, 0.05) is 31.9 Å². The number of carbonyl (C=O) groups excluding carboxylic acids is 2. The molecule has 1 unspecified atom stereocenters. The van der Waals surface area contributed by atoms with Crippen molar-refractivity contribution in [2.75, 3.05) is 19.6 Å². The topological polar surface area (TPSA) is 49.4 Å². The predicted octanol–water partition coefficient (Wildman–Crippen LogP) is 1.17. The Hall–Kier alpha value is -0.460. The van der Waals surface area contributed by atoms with Gasteiger partial charge in [-0.05, 0) is 37.9 Å². The SMILES string of the molecule is O=C(Br)C=CC1CNCCN1C=CC(=O)Br. The summed E-state index contributed by atoms with van der Waals surface area (Å²) in [6, 6.07) is 0.0957. The second-order valence-electron chi connectivity index (χ2n) is 3.29. The smallest absolute Gasteiger partial charge is 0.222 e. The minimum absolute atomic E-state index is 0.0957. The van der Waals surface area contributed by atoms with E-state index in [9.17, 15) is 9.59 Å². The fourth-order valence-electron chi connectivity index (χ4n) is 1.45. The van der Waals surface area contributed by atoms with Crippen LogP contribution in [0.5, 0.6) is 0 Å². The van der Waals surface area contributed by atoms with Crippen LogP contribution in [0.2, 0.25) is 0 Å². The van der Waals surface area contributed by atoms with Crippen LogP contribution in [0.15, 0.2) is 24.4 Å². The van der Waals surface area contributed by atoms with E-state index >= 15 is 0 Å². The largest absolute Gasteiger partial charge is 0.368 e. The van der Waals surface area contributed by atoms with E-state index in [4.69, 9.17) is 0 Å². The van der Waals surface area contributed by atoms with E-state index in [1.807, 2.05) is 11.0 Å². The minimum atomic E-state index is -0.162.